The molecular weight excluding hydrogens is 200 g/mol. The van der Waals surface area contributed by atoms with Gasteiger partial charge in [-0.2, -0.15) is 0 Å². The van der Waals surface area contributed by atoms with E-state index in [1.165, 1.54) is 0 Å². The smallest absolute Gasteiger partial charge is 0.203 e. The van der Waals surface area contributed by atoms with Gasteiger partial charge in [0.15, 0.2) is 5.82 Å². The third kappa shape index (κ3) is 2.46. The second-order valence-corrected chi connectivity index (χ2v) is 4.91. The molecule has 16 heavy (non-hydrogen) atoms. The van der Waals surface area contributed by atoms with Crippen LogP contribution in [0.15, 0.2) is 12.4 Å². The maximum atomic E-state index is 12.1. The van der Waals surface area contributed by atoms with E-state index >= 15 is 0 Å². The van der Waals surface area contributed by atoms with Crippen molar-refractivity contribution in [2.75, 3.05) is 0 Å². The van der Waals surface area contributed by atoms with Crippen LogP contribution in [0, 0.1) is 18.8 Å². The number of ketones is 1. The summed E-state index contributed by atoms with van der Waals surface area (Å²) >= 11 is 0. The summed E-state index contributed by atoms with van der Waals surface area (Å²) in [7, 11) is 0. The average Bonchev–Trinajstić information content (AvgIpc) is 2.30. The van der Waals surface area contributed by atoms with E-state index in [1.807, 2.05) is 6.92 Å². The Kier molecular flexibility index (Phi) is 3.32. The second kappa shape index (κ2) is 4.73. The predicted molar refractivity (Wildman–Crippen MR) is 62.2 cm³/mol. The fourth-order valence-corrected chi connectivity index (χ4v) is 2.22. The van der Waals surface area contributed by atoms with Gasteiger partial charge in [-0.1, -0.05) is 19.8 Å². The van der Waals surface area contributed by atoms with Gasteiger partial charge < -0.3 is 0 Å². The molecule has 0 bridgehead atoms. The molecule has 1 heterocycles. The van der Waals surface area contributed by atoms with E-state index in [0.29, 0.717) is 5.82 Å². The molecule has 0 radical (unpaired) electrons. The zero-order valence-corrected chi connectivity index (χ0v) is 9.94. The molecule has 0 aliphatic heterocycles. The summed E-state index contributed by atoms with van der Waals surface area (Å²) in [5.74, 6) is 1.44. The molecule has 0 saturated heterocycles. The number of rotatable bonds is 2. The number of carbonyl (C=O) groups is 1. The highest BCUT2D eigenvalue weighted by atomic mass is 16.1. The normalized spacial score (nSPS) is 25.4. The molecule has 1 aromatic heterocycles. The predicted octanol–water partition coefficient (Wildman–Crippen LogP) is 2.79. The molecule has 2 rings (SSSR count). The van der Waals surface area contributed by atoms with E-state index in [4.69, 9.17) is 0 Å². The average molecular weight is 218 g/mol. The molecule has 0 aromatic carbocycles. The molecular formula is C13H18N2O. The monoisotopic (exact) mass is 218 g/mol. The summed E-state index contributed by atoms with van der Waals surface area (Å²) in [6, 6.07) is 0. The van der Waals surface area contributed by atoms with Crippen LogP contribution in [0.5, 0.6) is 0 Å². The van der Waals surface area contributed by atoms with Gasteiger partial charge in [0.25, 0.3) is 0 Å². The van der Waals surface area contributed by atoms with Crippen LogP contribution in [0.2, 0.25) is 0 Å². The molecule has 0 spiro atoms. The number of nitrogens with zero attached hydrogens (tertiary/aromatic N) is 2. The molecule has 1 saturated carbocycles. The first-order valence-electron chi connectivity index (χ1n) is 5.99. The Morgan fingerprint density at radius 1 is 1.19 bits per heavy atom. The van der Waals surface area contributed by atoms with Gasteiger partial charge in [0.05, 0.1) is 0 Å². The lowest BCUT2D eigenvalue weighted by atomic mass is 9.81. The van der Waals surface area contributed by atoms with Crippen molar-refractivity contribution in [1.82, 2.24) is 9.97 Å². The van der Waals surface area contributed by atoms with E-state index in [0.717, 1.165) is 37.2 Å². The van der Waals surface area contributed by atoms with Gasteiger partial charge >= 0.3 is 0 Å². The van der Waals surface area contributed by atoms with E-state index in [2.05, 4.69) is 16.9 Å². The minimum Gasteiger partial charge on any atom is -0.290 e. The van der Waals surface area contributed by atoms with Crippen LogP contribution in [-0.2, 0) is 0 Å². The third-order valence-corrected chi connectivity index (χ3v) is 3.39. The Labute approximate surface area is 96.3 Å². The highest BCUT2D eigenvalue weighted by molar-refractivity contribution is 5.94. The molecule has 1 aliphatic rings. The fraction of sp³-hybridized carbons (Fsp3) is 0.615. The van der Waals surface area contributed by atoms with Crippen LogP contribution in [0.1, 0.15) is 48.8 Å². The van der Waals surface area contributed by atoms with Gasteiger partial charge in [-0.05, 0) is 31.2 Å². The summed E-state index contributed by atoms with van der Waals surface area (Å²) < 4.78 is 0. The van der Waals surface area contributed by atoms with Crippen LogP contribution >= 0.6 is 0 Å². The van der Waals surface area contributed by atoms with E-state index in [9.17, 15) is 4.79 Å². The number of Topliss-reactive ketones (excluding diaryl/α,β-unsaturated/α-hetero) is 1. The first kappa shape index (κ1) is 11.2. The highest BCUT2D eigenvalue weighted by Gasteiger charge is 2.26. The van der Waals surface area contributed by atoms with Crippen LogP contribution in [-0.4, -0.2) is 15.8 Å². The standard InChI is InChI=1S/C13H18N2O/c1-9-3-5-11(6-4-9)12(16)13-14-7-10(2)8-15-13/h7-9,11H,3-6H2,1-2H3. The number of hydrogen-bond donors (Lipinski definition) is 0. The van der Waals surface area contributed by atoms with Gasteiger partial charge in [-0.15, -0.1) is 0 Å². The van der Waals surface area contributed by atoms with Crippen molar-refractivity contribution in [3.05, 3.63) is 23.8 Å². The maximum Gasteiger partial charge on any atom is 0.203 e. The Balaban J connectivity index is 2.05. The van der Waals surface area contributed by atoms with E-state index < -0.39 is 0 Å². The summed E-state index contributed by atoms with van der Waals surface area (Å²) in [4.78, 5) is 20.3. The Morgan fingerprint density at radius 3 is 2.31 bits per heavy atom. The van der Waals surface area contributed by atoms with Gasteiger partial charge in [-0.25, -0.2) is 9.97 Å². The first-order valence-corrected chi connectivity index (χ1v) is 5.99. The third-order valence-electron chi connectivity index (χ3n) is 3.39. The largest absolute Gasteiger partial charge is 0.290 e. The number of aromatic nitrogens is 2. The molecule has 3 heteroatoms. The summed E-state index contributed by atoms with van der Waals surface area (Å²) in [6.45, 7) is 4.18. The van der Waals surface area contributed by atoms with Gasteiger partial charge in [-0.3, -0.25) is 4.79 Å². The minimum atomic E-state index is 0.131. The van der Waals surface area contributed by atoms with Crippen molar-refractivity contribution < 1.29 is 4.79 Å². The van der Waals surface area contributed by atoms with Crippen molar-refractivity contribution in [2.24, 2.45) is 11.8 Å². The van der Waals surface area contributed by atoms with Crippen LogP contribution in [0.4, 0.5) is 0 Å². The molecule has 0 amide bonds. The zero-order chi connectivity index (χ0) is 11.5. The van der Waals surface area contributed by atoms with Crippen LogP contribution in [0.25, 0.3) is 0 Å². The van der Waals surface area contributed by atoms with E-state index in [1.54, 1.807) is 12.4 Å². The lowest BCUT2D eigenvalue weighted by Crippen LogP contribution is -2.22. The molecule has 3 nitrogen and oxygen atoms in total. The number of carbonyl (C=O) groups excluding carboxylic acids is 1. The van der Waals surface area contributed by atoms with Crippen molar-refractivity contribution in [1.29, 1.82) is 0 Å². The van der Waals surface area contributed by atoms with Crippen molar-refractivity contribution in [3.8, 4) is 0 Å². The molecule has 1 fully saturated rings. The van der Waals surface area contributed by atoms with Crippen molar-refractivity contribution in [2.45, 2.75) is 39.5 Å². The molecule has 86 valence electrons. The Hall–Kier alpha value is -1.25. The molecule has 0 atom stereocenters. The summed E-state index contributed by atoms with van der Waals surface area (Å²) in [5, 5.41) is 0. The topological polar surface area (TPSA) is 42.9 Å². The van der Waals surface area contributed by atoms with Crippen LogP contribution in [0.3, 0.4) is 0 Å². The molecule has 1 aliphatic carbocycles. The second-order valence-electron chi connectivity index (χ2n) is 4.91. The van der Waals surface area contributed by atoms with Gasteiger partial charge in [0.2, 0.25) is 5.78 Å². The zero-order valence-electron chi connectivity index (χ0n) is 9.94. The molecule has 0 unspecified atom stereocenters. The minimum absolute atomic E-state index is 0.131. The SMILES string of the molecule is Cc1cnc(C(=O)C2CCC(C)CC2)nc1. The first-order chi connectivity index (χ1) is 7.66. The van der Waals surface area contributed by atoms with E-state index in [-0.39, 0.29) is 11.7 Å². The van der Waals surface area contributed by atoms with Crippen molar-refractivity contribution >= 4 is 5.78 Å². The lowest BCUT2D eigenvalue weighted by Gasteiger charge is -2.24. The van der Waals surface area contributed by atoms with Gasteiger partial charge in [0, 0.05) is 18.3 Å². The van der Waals surface area contributed by atoms with Crippen LogP contribution < -0.4 is 0 Å². The molecule has 0 N–H and O–H groups in total. The number of aryl methyl sites for hydroxylation is 1. The van der Waals surface area contributed by atoms with Crippen molar-refractivity contribution in [3.63, 3.8) is 0 Å². The lowest BCUT2D eigenvalue weighted by molar-refractivity contribution is 0.0864. The highest BCUT2D eigenvalue weighted by Crippen LogP contribution is 2.29. The fourth-order valence-electron chi connectivity index (χ4n) is 2.22. The molecule has 1 aromatic rings. The Bertz CT molecular complexity index is 364. The van der Waals surface area contributed by atoms with Gasteiger partial charge in [0.1, 0.15) is 0 Å². The quantitative estimate of drug-likeness (QED) is 0.717. The Morgan fingerprint density at radius 2 is 1.75 bits per heavy atom. The maximum absolute atomic E-state index is 12.1. The summed E-state index contributed by atoms with van der Waals surface area (Å²) in [6.07, 6.45) is 7.73. The summed E-state index contributed by atoms with van der Waals surface area (Å²) in [5.41, 5.74) is 0.994. The number of hydrogen-bond acceptors (Lipinski definition) is 3.